The number of carbonyl (C=O) groups excluding carboxylic acids is 1. The summed E-state index contributed by atoms with van der Waals surface area (Å²) in [7, 11) is 1.34. The number of nitro benzene ring substituents is 1. The Balaban J connectivity index is 1.45. The first-order valence-electron chi connectivity index (χ1n) is 10.1. The van der Waals surface area contributed by atoms with Crippen LogP contribution in [0.5, 0.6) is 5.75 Å². The Morgan fingerprint density at radius 1 is 1.03 bits per heavy atom. The standard InChI is InChI=1S/C25H17N3O5/c1-32-23-11-9-16(13-21(23)28(30)31)24(29)26-17-10-12-22-20(14-17)27-25(33-22)19-8-4-6-15-5-2-3-7-18(15)19/h2-14H,1H3,(H,26,29). The summed E-state index contributed by atoms with van der Waals surface area (Å²) in [6, 6.07) is 23.1. The number of ether oxygens (including phenoxy) is 1. The molecule has 0 bridgehead atoms. The molecule has 1 aromatic heterocycles. The Kier molecular flexibility index (Phi) is 4.95. The lowest BCUT2D eigenvalue weighted by Crippen LogP contribution is -2.12. The SMILES string of the molecule is COc1ccc(C(=O)Nc2ccc3oc(-c4cccc5ccccc45)nc3c2)cc1[N+](=O)[O-]. The van der Waals surface area contributed by atoms with Gasteiger partial charge in [-0.15, -0.1) is 0 Å². The van der Waals surface area contributed by atoms with Gasteiger partial charge in [0.15, 0.2) is 11.3 Å². The van der Waals surface area contributed by atoms with Crippen LogP contribution in [0.4, 0.5) is 11.4 Å². The van der Waals surface area contributed by atoms with E-state index in [1.54, 1.807) is 18.2 Å². The predicted molar refractivity (Wildman–Crippen MR) is 125 cm³/mol. The monoisotopic (exact) mass is 439 g/mol. The van der Waals surface area contributed by atoms with Gasteiger partial charge in [0.1, 0.15) is 5.52 Å². The van der Waals surface area contributed by atoms with Gasteiger partial charge in [0.2, 0.25) is 5.89 Å². The van der Waals surface area contributed by atoms with Crippen molar-refractivity contribution in [3.05, 3.63) is 94.5 Å². The van der Waals surface area contributed by atoms with Crippen molar-refractivity contribution in [3.63, 3.8) is 0 Å². The number of methoxy groups -OCH3 is 1. The number of nitrogens with zero attached hydrogens (tertiary/aromatic N) is 2. The summed E-state index contributed by atoms with van der Waals surface area (Å²) in [4.78, 5) is 27.9. The first kappa shape index (κ1) is 20.2. The lowest BCUT2D eigenvalue weighted by atomic mass is 10.0. The Morgan fingerprint density at radius 3 is 2.67 bits per heavy atom. The number of aromatic nitrogens is 1. The maximum atomic E-state index is 12.7. The van der Waals surface area contributed by atoms with Crippen LogP contribution in [0.1, 0.15) is 10.4 Å². The number of nitro groups is 1. The molecule has 0 spiro atoms. The average Bonchev–Trinajstić information content (AvgIpc) is 3.26. The third kappa shape index (κ3) is 3.74. The van der Waals surface area contributed by atoms with Gasteiger partial charge in [0, 0.05) is 22.9 Å². The fraction of sp³-hybridized carbons (Fsp3) is 0.0400. The number of fused-ring (bicyclic) bond motifs is 2. The van der Waals surface area contributed by atoms with Crippen molar-refractivity contribution in [2.45, 2.75) is 0 Å². The molecule has 1 heterocycles. The van der Waals surface area contributed by atoms with Crippen LogP contribution in [0.25, 0.3) is 33.3 Å². The topological polar surface area (TPSA) is 108 Å². The Morgan fingerprint density at radius 2 is 1.85 bits per heavy atom. The maximum absolute atomic E-state index is 12.7. The van der Waals surface area contributed by atoms with E-state index < -0.39 is 10.8 Å². The van der Waals surface area contributed by atoms with Gasteiger partial charge in [0.05, 0.1) is 12.0 Å². The largest absolute Gasteiger partial charge is 0.490 e. The lowest BCUT2D eigenvalue weighted by Gasteiger charge is -2.06. The quantitative estimate of drug-likeness (QED) is 0.273. The van der Waals surface area contributed by atoms with Gasteiger partial charge in [-0.05, 0) is 47.2 Å². The van der Waals surface area contributed by atoms with E-state index in [1.807, 2.05) is 42.5 Å². The first-order valence-corrected chi connectivity index (χ1v) is 10.1. The molecule has 1 N–H and O–H groups in total. The molecule has 0 aliphatic rings. The van der Waals surface area contributed by atoms with E-state index >= 15 is 0 Å². The van der Waals surface area contributed by atoms with Crippen molar-refractivity contribution >= 4 is 39.2 Å². The van der Waals surface area contributed by atoms with Crippen molar-refractivity contribution in [3.8, 4) is 17.2 Å². The number of nitrogens with one attached hydrogen (secondary N) is 1. The highest BCUT2D eigenvalue weighted by Crippen LogP contribution is 2.32. The second-order valence-electron chi connectivity index (χ2n) is 7.33. The Bertz CT molecular complexity index is 1530. The number of carbonyl (C=O) groups is 1. The van der Waals surface area contributed by atoms with Gasteiger partial charge in [-0.3, -0.25) is 14.9 Å². The summed E-state index contributed by atoms with van der Waals surface area (Å²) < 4.78 is 10.9. The average molecular weight is 439 g/mol. The van der Waals surface area contributed by atoms with Crippen molar-refractivity contribution < 1.29 is 18.9 Å². The molecule has 1 amide bonds. The number of benzene rings is 4. The molecule has 0 saturated carbocycles. The van der Waals surface area contributed by atoms with E-state index in [0.29, 0.717) is 22.7 Å². The molecule has 8 nitrogen and oxygen atoms in total. The first-order chi connectivity index (χ1) is 16.0. The van der Waals surface area contributed by atoms with E-state index in [1.165, 1.54) is 25.3 Å². The Hall–Kier alpha value is -4.72. The third-order valence-electron chi connectivity index (χ3n) is 5.30. The summed E-state index contributed by atoms with van der Waals surface area (Å²) in [5.41, 5.74) is 2.38. The second kappa shape index (κ2) is 8.08. The molecule has 0 saturated heterocycles. The predicted octanol–water partition coefficient (Wildman–Crippen LogP) is 5.82. The molecular weight excluding hydrogens is 422 g/mol. The van der Waals surface area contributed by atoms with Gasteiger partial charge < -0.3 is 14.5 Å². The highest BCUT2D eigenvalue weighted by molar-refractivity contribution is 6.05. The summed E-state index contributed by atoms with van der Waals surface area (Å²) in [5.74, 6) is 0.0791. The van der Waals surface area contributed by atoms with Crippen molar-refractivity contribution in [2.75, 3.05) is 12.4 Å². The zero-order valence-corrected chi connectivity index (χ0v) is 17.4. The van der Waals surface area contributed by atoms with Gasteiger partial charge in [-0.25, -0.2) is 4.98 Å². The molecule has 0 aliphatic heterocycles. The van der Waals surface area contributed by atoms with Crippen molar-refractivity contribution in [2.24, 2.45) is 0 Å². The van der Waals surface area contributed by atoms with Gasteiger partial charge in [-0.1, -0.05) is 36.4 Å². The molecule has 0 fully saturated rings. The van der Waals surface area contributed by atoms with Crippen LogP contribution in [0.15, 0.2) is 83.3 Å². The second-order valence-corrected chi connectivity index (χ2v) is 7.33. The minimum Gasteiger partial charge on any atom is -0.490 e. The number of rotatable bonds is 5. The molecule has 0 atom stereocenters. The van der Waals surface area contributed by atoms with E-state index in [-0.39, 0.29) is 17.0 Å². The van der Waals surface area contributed by atoms with Gasteiger partial charge in [-0.2, -0.15) is 0 Å². The lowest BCUT2D eigenvalue weighted by molar-refractivity contribution is -0.385. The van der Waals surface area contributed by atoms with Crippen molar-refractivity contribution in [1.29, 1.82) is 0 Å². The van der Waals surface area contributed by atoms with Crippen LogP contribution in [0.3, 0.4) is 0 Å². The zero-order chi connectivity index (χ0) is 22.9. The summed E-state index contributed by atoms with van der Waals surface area (Å²) >= 11 is 0. The number of amides is 1. The van der Waals surface area contributed by atoms with E-state index in [4.69, 9.17) is 9.15 Å². The van der Waals surface area contributed by atoms with Crippen LogP contribution in [-0.4, -0.2) is 22.9 Å². The molecule has 8 heteroatoms. The molecule has 33 heavy (non-hydrogen) atoms. The van der Waals surface area contributed by atoms with E-state index in [2.05, 4.69) is 10.3 Å². The highest BCUT2D eigenvalue weighted by atomic mass is 16.6. The molecule has 0 aliphatic carbocycles. The van der Waals surface area contributed by atoms with Crippen LogP contribution in [0, 0.1) is 10.1 Å². The summed E-state index contributed by atoms with van der Waals surface area (Å²) in [6.45, 7) is 0. The minimum absolute atomic E-state index is 0.0848. The van der Waals surface area contributed by atoms with Crippen LogP contribution in [-0.2, 0) is 0 Å². The Labute approximate surface area is 187 Å². The molecule has 162 valence electrons. The molecule has 0 radical (unpaired) electrons. The molecule has 5 aromatic rings. The molecule has 4 aromatic carbocycles. The highest BCUT2D eigenvalue weighted by Gasteiger charge is 2.19. The van der Waals surface area contributed by atoms with Crippen LogP contribution in [0.2, 0.25) is 0 Å². The van der Waals surface area contributed by atoms with E-state index in [0.717, 1.165) is 16.3 Å². The van der Waals surface area contributed by atoms with Gasteiger partial charge >= 0.3 is 5.69 Å². The summed E-state index contributed by atoms with van der Waals surface area (Å²) in [5, 5.41) is 16.1. The number of hydrogen-bond acceptors (Lipinski definition) is 6. The molecule has 0 unspecified atom stereocenters. The number of hydrogen-bond donors (Lipinski definition) is 1. The van der Waals surface area contributed by atoms with Crippen molar-refractivity contribution in [1.82, 2.24) is 4.98 Å². The fourth-order valence-electron chi connectivity index (χ4n) is 3.71. The molecule has 5 rings (SSSR count). The smallest absolute Gasteiger partial charge is 0.311 e. The fourth-order valence-corrected chi connectivity index (χ4v) is 3.71. The molecular formula is C25H17N3O5. The third-order valence-corrected chi connectivity index (χ3v) is 5.30. The zero-order valence-electron chi connectivity index (χ0n) is 17.4. The van der Waals surface area contributed by atoms with Gasteiger partial charge in [0.25, 0.3) is 5.91 Å². The van der Waals surface area contributed by atoms with Crippen LogP contribution >= 0.6 is 0 Å². The number of anilines is 1. The van der Waals surface area contributed by atoms with E-state index in [9.17, 15) is 14.9 Å². The minimum atomic E-state index is -0.591. The summed E-state index contributed by atoms with van der Waals surface area (Å²) in [6.07, 6.45) is 0. The van der Waals surface area contributed by atoms with Crippen LogP contribution < -0.4 is 10.1 Å². The maximum Gasteiger partial charge on any atom is 0.311 e. The normalized spacial score (nSPS) is 10.9. The number of oxazole rings is 1.